The maximum absolute atomic E-state index is 10.5. The first-order valence-electron chi connectivity index (χ1n) is 6.75. The summed E-state index contributed by atoms with van der Waals surface area (Å²) in [5.74, 6) is 0.274. The molecular formula is C15H22O3. The van der Waals surface area contributed by atoms with Gasteiger partial charge in [0.1, 0.15) is 6.10 Å². The summed E-state index contributed by atoms with van der Waals surface area (Å²) < 4.78 is 11.1. The van der Waals surface area contributed by atoms with E-state index < -0.39 is 6.10 Å². The van der Waals surface area contributed by atoms with Crippen LogP contribution >= 0.6 is 0 Å². The summed E-state index contributed by atoms with van der Waals surface area (Å²) in [6.45, 7) is 4.07. The highest BCUT2D eigenvalue weighted by Crippen LogP contribution is 2.30. The number of aliphatic hydroxyl groups excluding tert-OH is 1. The Balaban J connectivity index is 2.08. The summed E-state index contributed by atoms with van der Waals surface area (Å²) in [6, 6.07) is 9.98. The van der Waals surface area contributed by atoms with E-state index in [2.05, 4.69) is 0 Å². The normalized spacial score (nSPS) is 20.6. The molecule has 1 fully saturated rings. The van der Waals surface area contributed by atoms with Gasteiger partial charge in [0, 0.05) is 19.8 Å². The fraction of sp³-hybridized carbons (Fsp3) is 0.600. The van der Waals surface area contributed by atoms with Crippen LogP contribution in [-0.2, 0) is 9.47 Å². The van der Waals surface area contributed by atoms with Crippen molar-refractivity contribution >= 4 is 0 Å². The zero-order valence-electron chi connectivity index (χ0n) is 10.9. The number of ether oxygens (including phenoxy) is 2. The predicted molar refractivity (Wildman–Crippen MR) is 70.4 cm³/mol. The Morgan fingerprint density at radius 2 is 1.94 bits per heavy atom. The molecule has 1 aromatic rings. The second kappa shape index (κ2) is 6.88. The molecule has 1 aliphatic rings. The molecule has 0 saturated carbocycles. The fourth-order valence-electron chi connectivity index (χ4n) is 2.52. The average molecular weight is 250 g/mol. The summed E-state index contributed by atoms with van der Waals surface area (Å²) in [7, 11) is 0. The smallest absolute Gasteiger partial charge is 0.109 e. The maximum Gasteiger partial charge on any atom is 0.109 e. The second-order valence-electron chi connectivity index (χ2n) is 4.73. The molecule has 2 unspecified atom stereocenters. The lowest BCUT2D eigenvalue weighted by atomic mass is 9.88. The van der Waals surface area contributed by atoms with Crippen LogP contribution in [-0.4, -0.2) is 31.0 Å². The highest BCUT2D eigenvalue weighted by atomic mass is 16.5. The van der Waals surface area contributed by atoms with Crippen LogP contribution in [0.4, 0.5) is 0 Å². The largest absolute Gasteiger partial charge is 0.390 e. The van der Waals surface area contributed by atoms with Crippen molar-refractivity contribution in [1.29, 1.82) is 0 Å². The van der Waals surface area contributed by atoms with Gasteiger partial charge in [-0.15, -0.1) is 0 Å². The summed E-state index contributed by atoms with van der Waals surface area (Å²) in [6.07, 6.45) is 1.16. The van der Waals surface area contributed by atoms with Gasteiger partial charge in [-0.1, -0.05) is 30.3 Å². The molecule has 100 valence electrons. The Morgan fingerprint density at radius 3 is 2.56 bits per heavy atom. The van der Waals surface area contributed by atoms with E-state index in [0.29, 0.717) is 6.61 Å². The van der Waals surface area contributed by atoms with Crippen LogP contribution in [0, 0.1) is 5.92 Å². The molecule has 0 aliphatic carbocycles. The lowest BCUT2D eigenvalue weighted by Gasteiger charge is -2.32. The third-order valence-electron chi connectivity index (χ3n) is 3.53. The van der Waals surface area contributed by atoms with Gasteiger partial charge in [0.25, 0.3) is 0 Å². The lowest BCUT2D eigenvalue weighted by Crippen LogP contribution is -2.33. The van der Waals surface area contributed by atoms with Crippen LogP contribution in [0.2, 0.25) is 0 Å². The van der Waals surface area contributed by atoms with Gasteiger partial charge >= 0.3 is 0 Å². The van der Waals surface area contributed by atoms with Crippen molar-refractivity contribution in [3.8, 4) is 0 Å². The van der Waals surface area contributed by atoms with Crippen molar-refractivity contribution in [2.24, 2.45) is 5.92 Å². The first kappa shape index (κ1) is 13.5. The second-order valence-corrected chi connectivity index (χ2v) is 4.73. The Kier molecular flexibility index (Phi) is 5.17. The Bertz CT molecular complexity index is 333. The average Bonchev–Trinajstić information content (AvgIpc) is 2.46. The summed E-state index contributed by atoms with van der Waals surface area (Å²) >= 11 is 0. The molecule has 1 heterocycles. The first-order chi connectivity index (χ1) is 8.83. The molecule has 0 aromatic heterocycles. The van der Waals surface area contributed by atoms with E-state index in [1.807, 2.05) is 37.3 Å². The molecule has 2 atom stereocenters. The van der Waals surface area contributed by atoms with Crippen molar-refractivity contribution in [3.63, 3.8) is 0 Å². The fourth-order valence-corrected chi connectivity index (χ4v) is 2.52. The lowest BCUT2D eigenvalue weighted by molar-refractivity contribution is -0.0826. The zero-order valence-corrected chi connectivity index (χ0v) is 10.9. The SMILES string of the molecule is CCOC(c1ccccc1)C(O)C1CCOCC1. The van der Waals surface area contributed by atoms with E-state index in [1.54, 1.807) is 0 Å². The molecule has 3 nitrogen and oxygen atoms in total. The van der Waals surface area contributed by atoms with Crippen molar-refractivity contribution in [2.75, 3.05) is 19.8 Å². The molecule has 1 N–H and O–H groups in total. The van der Waals surface area contributed by atoms with Crippen LogP contribution in [0.15, 0.2) is 30.3 Å². The van der Waals surface area contributed by atoms with Crippen molar-refractivity contribution in [3.05, 3.63) is 35.9 Å². The summed E-state index contributed by atoms with van der Waals surface area (Å²) in [5, 5.41) is 10.5. The third kappa shape index (κ3) is 3.31. The third-order valence-corrected chi connectivity index (χ3v) is 3.53. The minimum Gasteiger partial charge on any atom is -0.390 e. The Morgan fingerprint density at radius 1 is 1.28 bits per heavy atom. The molecule has 18 heavy (non-hydrogen) atoms. The molecular weight excluding hydrogens is 228 g/mol. The van der Waals surface area contributed by atoms with Crippen LogP contribution in [0.1, 0.15) is 31.4 Å². The number of aliphatic hydroxyl groups is 1. The van der Waals surface area contributed by atoms with E-state index in [0.717, 1.165) is 31.6 Å². The standard InChI is InChI=1S/C15H22O3/c1-2-18-15(13-6-4-3-5-7-13)14(16)12-8-10-17-11-9-12/h3-7,12,14-16H,2,8-11H2,1H3. The van der Waals surface area contributed by atoms with Crippen molar-refractivity contribution < 1.29 is 14.6 Å². The van der Waals surface area contributed by atoms with E-state index in [1.165, 1.54) is 0 Å². The van der Waals surface area contributed by atoms with Gasteiger partial charge in [0.15, 0.2) is 0 Å². The van der Waals surface area contributed by atoms with Crippen LogP contribution in [0.5, 0.6) is 0 Å². The quantitative estimate of drug-likeness (QED) is 0.873. The van der Waals surface area contributed by atoms with Gasteiger partial charge in [-0.25, -0.2) is 0 Å². The number of rotatable bonds is 5. The van der Waals surface area contributed by atoms with Gasteiger partial charge in [-0.05, 0) is 31.2 Å². The number of hydrogen-bond acceptors (Lipinski definition) is 3. The Labute approximate surface area is 109 Å². The molecule has 1 aliphatic heterocycles. The van der Waals surface area contributed by atoms with Gasteiger partial charge < -0.3 is 14.6 Å². The predicted octanol–water partition coefficient (Wildman–Crippen LogP) is 2.55. The monoisotopic (exact) mass is 250 g/mol. The van der Waals surface area contributed by atoms with Gasteiger partial charge in [-0.2, -0.15) is 0 Å². The minimum atomic E-state index is -0.448. The van der Waals surface area contributed by atoms with E-state index in [-0.39, 0.29) is 12.0 Å². The molecule has 1 saturated heterocycles. The minimum absolute atomic E-state index is 0.223. The molecule has 2 rings (SSSR count). The van der Waals surface area contributed by atoms with Gasteiger partial charge in [0.2, 0.25) is 0 Å². The van der Waals surface area contributed by atoms with Gasteiger partial charge in [0.05, 0.1) is 6.10 Å². The maximum atomic E-state index is 10.5. The Hall–Kier alpha value is -0.900. The van der Waals surface area contributed by atoms with Crippen molar-refractivity contribution in [2.45, 2.75) is 32.0 Å². The van der Waals surface area contributed by atoms with E-state index in [4.69, 9.17) is 9.47 Å². The van der Waals surface area contributed by atoms with Crippen LogP contribution in [0.25, 0.3) is 0 Å². The molecule has 3 heteroatoms. The van der Waals surface area contributed by atoms with Gasteiger partial charge in [-0.3, -0.25) is 0 Å². The highest BCUT2D eigenvalue weighted by Gasteiger charge is 2.30. The van der Waals surface area contributed by atoms with Crippen LogP contribution in [0.3, 0.4) is 0 Å². The summed E-state index contributed by atoms with van der Waals surface area (Å²) in [4.78, 5) is 0. The first-order valence-corrected chi connectivity index (χ1v) is 6.75. The number of benzene rings is 1. The summed E-state index contributed by atoms with van der Waals surface area (Å²) in [5.41, 5.74) is 1.05. The van der Waals surface area contributed by atoms with Crippen LogP contribution < -0.4 is 0 Å². The molecule has 0 radical (unpaired) electrons. The topological polar surface area (TPSA) is 38.7 Å². The molecule has 0 bridgehead atoms. The van der Waals surface area contributed by atoms with E-state index >= 15 is 0 Å². The zero-order chi connectivity index (χ0) is 12.8. The number of hydrogen-bond donors (Lipinski definition) is 1. The van der Waals surface area contributed by atoms with E-state index in [9.17, 15) is 5.11 Å². The molecule has 0 spiro atoms. The van der Waals surface area contributed by atoms with Crippen molar-refractivity contribution in [1.82, 2.24) is 0 Å². The molecule has 0 amide bonds. The molecule has 1 aromatic carbocycles. The highest BCUT2D eigenvalue weighted by molar-refractivity contribution is 5.19.